The van der Waals surface area contributed by atoms with Crippen molar-refractivity contribution in [1.82, 2.24) is 9.55 Å². The van der Waals surface area contributed by atoms with Crippen LogP contribution >= 0.6 is 0 Å². The average Bonchev–Trinajstić information content (AvgIpc) is 3.53. The first-order chi connectivity index (χ1) is 20.7. The van der Waals surface area contributed by atoms with E-state index in [1.807, 2.05) is 91.0 Å². The van der Waals surface area contributed by atoms with Gasteiger partial charge in [0.2, 0.25) is 0 Å². The number of rotatable bonds is 4. The molecule has 1 aliphatic heterocycles. The minimum absolute atomic E-state index is 0.322. The maximum atomic E-state index is 14.3. The molecule has 7 aromatic rings. The number of amides is 2. The highest BCUT2D eigenvalue weighted by molar-refractivity contribution is 6.36. The van der Waals surface area contributed by atoms with Crippen LogP contribution in [0.25, 0.3) is 49.7 Å². The number of benzene rings is 5. The van der Waals surface area contributed by atoms with Crippen LogP contribution in [-0.2, 0) is 0 Å². The van der Waals surface area contributed by atoms with Crippen LogP contribution in [0.4, 0.5) is 5.69 Å². The maximum absolute atomic E-state index is 14.3. The molecule has 0 spiro atoms. The monoisotopic (exact) mass is 541 g/mol. The molecule has 0 fully saturated rings. The predicted octanol–water partition coefficient (Wildman–Crippen LogP) is 8.31. The lowest BCUT2D eigenvalue weighted by molar-refractivity contribution is 0.0926. The van der Waals surface area contributed by atoms with Crippen LogP contribution in [0.1, 0.15) is 20.7 Å². The number of para-hydroxylation sites is 2. The number of carbonyl (C=O) groups is 2. The smallest absolute Gasteiger partial charge is 0.268 e. The summed E-state index contributed by atoms with van der Waals surface area (Å²) in [6.07, 6.45) is 3.57. The highest BCUT2D eigenvalue weighted by Crippen LogP contribution is 2.41. The maximum Gasteiger partial charge on any atom is 0.268 e. The van der Waals surface area contributed by atoms with E-state index in [2.05, 4.69) is 39.9 Å². The molecule has 5 nitrogen and oxygen atoms in total. The van der Waals surface area contributed by atoms with Gasteiger partial charge in [0.15, 0.2) is 0 Å². The van der Waals surface area contributed by atoms with Crippen LogP contribution < -0.4 is 4.90 Å². The molecule has 8 rings (SSSR count). The minimum Gasteiger partial charge on any atom is -0.308 e. The molecule has 5 heteroatoms. The molecular weight excluding hydrogens is 518 g/mol. The van der Waals surface area contributed by atoms with Gasteiger partial charge in [-0.15, -0.1) is 0 Å². The zero-order valence-corrected chi connectivity index (χ0v) is 22.4. The topological polar surface area (TPSA) is 55.2 Å². The van der Waals surface area contributed by atoms with Gasteiger partial charge in [0.1, 0.15) is 0 Å². The first kappa shape index (κ1) is 24.0. The van der Waals surface area contributed by atoms with Crippen molar-refractivity contribution >= 4 is 39.3 Å². The molecule has 0 radical (unpaired) electrons. The summed E-state index contributed by atoms with van der Waals surface area (Å²) in [5, 5.41) is 2.15. The molecule has 0 atom stereocenters. The predicted molar refractivity (Wildman–Crippen MR) is 167 cm³/mol. The highest BCUT2D eigenvalue weighted by Gasteiger charge is 2.39. The Balaban J connectivity index is 1.36. The molecule has 0 bridgehead atoms. The number of anilines is 1. The third-order valence-corrected chi connectivity index (χ3v) is 8.03. The second-order valence-corrected chi connectivity index (χ2v) is 10.4. The number of imide groups is 1. The molecule has 1 aliphatic rings. The zero-order chi connectivity index (χ0) is 28.2. The van der Waals surface area contributed by atoms with E-state index in [0.717, 1.165) is 44.1 Å². The van der Waals surface area contributed by atoms with Gasteiger partial charge in [-0.05, 0) is 59.2 Å². The van der Waals surface area contributed by atoms with Gasteiger partial charge in [-0.3, -0.25) is 14.6 Å². The molecule has 2 aromatic heterocycles. The van der Waals surface area contributed by atoms with Gasteiger partial charge < -0.3 is 4.57 Å². The van der Waals surface area contributed by atoms with E-state index in [4.69, 9.17) is 0 Å². The number of nitrogens with zero attached hydrogens (tertiary/aromatic N) is 3. The Morgan fingerprint density at radius 2 is 1.21 bits per heavy atom. The number of hydrogen-bond acceptors (Lipinski definition) is 3. The van der Waals surface area contributed by atoms with E-state index >= 15 is 0 Å². The molecule has 0 saturated carbocycles. The van der Waals surface area contributed by atoms with Gasteiger partial charge in [0.05, 0.1) is 33.5 Å². The van der Waals surface area contributed by atoms with E-state index in [9.17, 15) is 9.59 Å². The molecule has 5 aromatic carbocycles. The molecule has 198 valence electrons. The number of aromatic nitrogens is 2. The lowest BCUT2D eigenvalue weighted by Crippen LogP contribution is -2.29. The molecular formula is C37H23N3O2. The van der Waals surface area contributed by atoms with Gasteiger partial charge in [0.25, 0.3) is 11.8 Å². The summed E-state index contributed by atoms with van der Waals surface area (Å²) in [5.74, 6) is -0.652. The van der Waals surface area contributed by atoms with Crippen molar-refractivity contribution < 1.29 is 9.59 Å². The normalized spacial score (nSPS) is 12.8. The van der Waals surface area contributed by atoms with E-state index in [0.29, 0.717) is 22.5 Å². The van der Waals surface area contributed by atoms with Crippen molar-refractivity contribution in [3.05, 3.63) is 151 Å². The van der Waals surface area contributed by atoms with Crippen LogP contribution in [0.2, 0.25) is 0 Å². The molecule has 0 N–H and O–H groups in total. The van der Waals surface area contributed by atoms with Crippen molar-refractivity contribution in [2.45, 2.75) is 0 Å². The standard InChI is InChI=1S/C37H23N3O2/c41-36-31-16-8-18-33(34(31)37(42)39(36)27-12-6-11-26(23-27)24-9-2-1-3-10-24)40-32-17-5-4-13-29(32)30-15-7-14-28(35(30)40)25-19-21-38-22-20-25/h1-23H. The van der Waals surface area contributed by atoms with Crippen LogP contribution in [0, 0.1) is 0 Å². The van der Waals surface area contributed by atoms with Crippen LogP contribution in [0.15, 0.2) is 140 Å². The van der Waals surface area contributed by atoms with Crippen molar-refractivity contribution in [2.24, 2.45) is 0 Å². The Hall–Kier alpha value is -5.81. The van der Waals surface area contributed by atoms with E-state index in [1.54, 1.807) is 18.5 Å². The largest absolute Gasteiger partial charge is 0.308 e. The Morgan fingerprint density at radius 1 is 0.524 bits per heavy atom. The third-order valence-electron chi connectivity index (χ3n) is 8.03. The van der Waals surface area contributed by atoms with Gasteiger partial charge in [-0.25, -0.2) is 4.90 Å². The second kappa shape index (κ2) is 9.39. The molecule has 3 heterocycles. The van der Waals surface area contributed by atoms with Gasteiger partial charge in [-0.1, -0.05) is 84.9 Å². The molecule has 0 unspecified atom stereocenters. The summed E-state index contributed by atoms with van der Waals surface area (Å²) in [4.78, 5) is 33.7. The summed E-state index contributed by atoms with van der Waals surface area (Å²) in [5.41, 5.74) is 7.97. The Morgan fingerprint density at radius 3 is 2.07 bits per heavy atom. The summed E-state index contributed by atoms with van der Waals surface area (Å²) in [7, 11) is 0. The SMILES string of the molecule is O=C1c2cccc(-n3c4ccccc4c4cccc(-c5ccncc5)c43)c2C(=O)N1c1cccc(-c2ccccc2)c1. The third kappa shape index (κ3) is 3.54. The summed E-state index contributed by atoms with van der Waals surface area (Å²) in [6, 6.07) is 41.5. The van der Waals surface area contributed by atoms with Crippen molar-refractivity contribution in [3.63, 3.8) is 0 Å². The second-order valence-electron chi connectivity index (χ2n) is 10.4. The summed E-state index contributed by atoms with van der Waals surface area (Å²) in [6.45, 7) is 0. The Bertz CT molecular complexity index is 2180. The fourth-order valence-corrected chi connectivity index (χ4v) is 6.18. The summed E-state index contributed by atoms with van der Waals surface area (Å²) < 4.78 is 2.13. The quantitative estimate of drug-likeness (QED) is 0.211. The van der Waals surface area contributed by atoms with Crippen LogP contribution in [-0.4, -0.2) is 21.4 Å². The number of hydrogen-bond donors (Lipinski definition) is 0. The number of fused-ring (bicyclic) bond motifs is 4. The zero-order valence-electron chi connectivity index (χ0n) is 22.4. The fraction of sp³-hybridized carbons (Fsp3) is 0. The first-order valence-electron chi connectivity index (χ1n) is 13.8. The van der Waals surface area contributed by atoms with Crippen LogP contribution in [0.5, 0.6) is 0 Å². The van der Waals surface area contributed by atoms with Crippen molar-refractivity contribution in [3.8, 4) is 27.9 Å². The van der Waals surface area contributed by atoms with E-state index in [-0.39, 0.29) is 11.8 Å². The fourth-order valence-electron chi connectivity index (χ4n) is 6.18. The van der Waals surface area contributed by atoms with Gasteiger partial charge in [-0.2, -0.15) is 0 Å². The van der Waals surface area contributed by atoms with Crippen molar-refractivity contribution in [1.29, 1.82) is 0 Å². The van der Waals surface area contributed by atoms with E-state index in [1.165, 1.54) is 4.90 Å². The minimum atomic E-state index is -0.330. The summed E-state index contributed by atoms with van der Waals surface area (Å²) >= 11 is 0. The first-order valence-corrected chi connectivity index (χ1v) is 13.8. The number of carbonyl (C=O) groups excluding carboxylic acids is 2. The van der Waals surface area contributed by atoms with Gasteiger partial charge in [0, 0.05) is 28.7 Å². The number of pyridine rings is 1. The highest BCUT2D eigenvalue weighted by atomic mass is 16.2. The molecule has 0 aliphatic carbocycles. The lowest BCUT2D eigenvalue weighted by Gasteiger charge is -2.16. The Kier molecular flexibility index (Phi) is 5.37. The molecule has 2 amide bonds. The van der Waals surface area contributed by atoms with Gasteiger partial charge >= 0.3 is 0 Å². The average molecular weight is 542 g/mol. The molecule has 0 saturated heterocycles. The lowest BCUT2D eigenvalue weighted by atomic mass is 10.0. The Labute approximate surface area is 241 Å². The van der Waals surface area contributed by atoms with Crippen molar-refractivity contribution in [2.75, 3.05) is 4.90 Å². The van der Waals surface area contributed by atoms with Crippen LogP contribution in [0.3, 0.4) is 0 Å². The van der Waals surface area contributed by atoms with E-state index < -0.39 is 0 Å². The molecule has 42 heavy (non-hydrogen) atoms.